The number of primary amides is 1. The summed E-state index contributed by atoms with van der Waals surface area (Å²) in [4.78, 5) is 48.2. The Kier molecular flexibility index (Phi) is 7.29. The number of anilines is 1. The van der Waals surface area contributed by atoms with Gasteiger partial charge in [-0.2, -0.15) is 5.48 Å². The van der Waals surface area contributed by atoms with E-state index >= 15 is 0 Å². The molecule has 0 aromatic heterocycles. The van der Waals surface area contributed by atoms with Gasteiger partial charge in [-0.3, -0.25) is 24.1 Å². The number of amides is 1. The third kappa shape index (κ3) is 4.44. The lowest BCUT2D eigenvalue weighted by Crippen LogP contribution is -2.65. The van der Waals surface area contributed by atoms with Crippen LogP contribution < -0.4 is 16.1 Å². The van der Waals surface area contributed by atoms with Gasteiger partial charge in [0.05, 0.1) is 17.2 Å². The van der Waals surface area contributed by atoms with Crippen molar-refractivity contribution in [3.8, 4) is 5.75 Å². The van der Waals surface area contributed by atoms with Crippen molar-refractivity contribution in [3.05, 3.63) is 39.7 Å². The average Bonchev–Trinajstić information content (AvgIpc) is 2.81. The Bertz CT molecular complexity index is 1360. The fraction of sp³-hybridized carbons (Fsp3) is 0.536. The molecular weight excluding hydrogens is 520 g/mol. The second-order valence-electron chi connectivity index (χ2n) is 12.1. The molecule has 1 amide bonds. The highest BCUT2D eigenvalue weighted by atomic mass is 16.7. The number of hydrogen-bond acceptors (Lipinski definition) is 11. The molecule has 4 rings (SSSR count). The van der Waals surface area contributed by atoms with E-state index in [1.54, 1.807) is 20.2 Å². The van der Waals surface area contributed by atoms with Crippen LogP contribution in [0.25, 0.3) is 5.76 Å². The number of hydroxylamine groups is 1. The van der Waals surface area contributed by atoms with Crippen LogP contribution in [0.15, 0.2) is 23.0 Å². The van der Waals surface area contributed by atoms with Crippen molar-refractivity contribution < 1.29 is 39.6 Å². The molecule has 0 unspecified atom stereocenters. The van der Waals surface area contributed by atoms with Crippen LogP contribution in [0.5, 0.6) is 5.75 Å². The Morgan fingerprint density at radius 3 is 2.33 bits per heavy atom. The molecule has 40 heavy (non-hydrogen) atoms. The van der Waals surface area contributed by atoms with E-state index in [9.17, 15) is 34.8 Å². The summed E-state index contributed by atoms with van der Waals surface area (Å²) in [5.74, 6) is -6.78. The van der Waals surface area contributed by atoms with Crippen molar-refractivity contribution in [1.82, 2.24) is 10.4 Å². The molecule has 218 valence electrons. The fourth-order valence-electron chi connectivity index (χ4n) is 6.21. The molecule has 3 aliphatic rings. The number of nitrogens with one attached hydrogen (secondary N) is 1. The van der Waals surface area contributed by atoms with Crippen LogP contribution >= 0.6 is 0 Å². The van der Waals surface area contributed by atoms with Crippen molar-refractivity contribution in [2.75, 3.05) is 33.1 Å². The maximum Gasteiger partial charge on any atom is 0.255 e. The smallest absolute Gasteiger partial charge is 0.255 e. The molecule has 0 radical (unpaired) electrons. The first kappa shape index (κ1) is 29.5. The molecule has 1 aromatic carbocycles. The number of Topliss-reactive ketones (excluding diaryl/α,β-unsaturated/α-hetero) is 2. The second-order valence-corrected chi connectivity index (χ2v) is 12.1. The third-order valence-electron chi connectivity index (χ3n) is 7.90. The summed E-state index contributed by atoms with van der Waals surface area (Å²) >= 11 is 0. The zero-order valence-electron chi connectivity index (χ0n) is 23.8. The number of aliphatic hydroxyl groups excluding tert-OH is 2. The Hall–Kier alpha value is -3.45. The van der Waals surface area contributed by atoms with Crippen LogP contribution in [0.4, 0.5) is 5.69 Å². The summed E-state index contributed by atoms with van der Waals surface area (Å²) in [5.41, 5.74) is 5.70. The predicted octanol–water partition coefficient (Wildman–Crippen LogP) is 0.850. The molecular formula is C28H38N4O8. The van der Waals surface area contributed by atoms with Gasteiger partial charge in [0.1, 0.15) is 22.8 Å². The molecule has 0 saturated heterocycles. The van der Waals surface area contributed by atoms with Crippen LogP contribution in [0, 0.1) is 11.8 Å². The van der Waals surface area contributed by atoms with Gasteiger partial charge in [-0.05, 0) is 65.3 Å². The van der Waals surface area contributed by atoms with Crippen molar-refractivity contribution in [2.24, 2.45) is 17.6 Å². The van der Waals surface area contributed by atoms with Crippen LogP contribution in [0.2, 0.25) is 0 Å². The van der Waals surface area contributed by atoms with Gasteiger partial charge in [0.2, 0.25) is 5.78 Å². The van der Waals surface area contributed by atoms with E-state index in [-0.39, 0.29) is 36.3 Å². The first-order valence-corrected chi connectivity index (χ1v) is 13.0. The highest BCUT2D eigenvalue weighted by Crippen LogP contribution is 2.54. The number of ketones is 2. The van der Waals surface area contributed by atoms with E-state index in [0.29, 0.717) is 16.8 Å². The van der Waals surface area contributed by atoms with Gasteiger partial charge >= 0.3 is 0 Å². The van der Waals surface area contributed by atoms with Crippen LogP contribution in [-0.2, 0) is 32.2 Å². The molecule has 0 spiro atoms. The van der Waals surface area contributed by atoms with Gasteiger partial charge in [0, 0.05) is 43.4 Å². The molecule has 3 aliphatic carbocycles. The van der Waals surface area contributed by atoms with E-state index in [0.717, 1.165) is 0 Å². The maximum atomic E-state index is 14.0. The predicted molar refractivity (Wildman–Crippen MR) is 146 cm³/mol. The first-order valence-electron chi connectivity index (χ1n) is 13.0. The summed E-state index contributed by atoms with van der Waals surface area (Å²) in [6.07, 6.45) is 0.240. The first-order chi connectivity index (χ1) is 18.4. The Labute approximate surface area is 232 Å². The van der Waals surface area contributed by atoms with E-state index in [1.165, 1.54) is 4.90 Å². The minimum absolute atomic E-state index is 0.0299. The normalized spacial score (nSPS) is 26.6. The van der Waals surface area contributed by atoms with Crippen LogP contribution in [-0.4, -0.2) is 88.2 Å². The number of nitrogens with zero attached hydrogens (tertiary/aromatic N) is 2. The van der Waals surface area contributed by atoms with Gasteiger partial charge < -0.3 is 31.1 Å². The molecule has 0 aliphatic heterocycles. The van der Waals surface area contributed by atoms with E-state index < -0.39 is 63.6 Å². The number of phenols is 1. The number of aliphatic hydroxyl groups is 3. The summed E-state index contributed by atoms with van der Waals surface area (Å²) < 4.78 is 0. The summed E-state index contributed by atoms with van der Waals surface area (Å²) in [6.45, 7) is 5.65. The highest BCUT2D eigenvalue weighted by Gasteiger charge is 2.64. The van der Waals surface area contributed by atoms with Crippen LogP contribution in [0.3, 0.4) is 0 Å². The largest absolute Gasteiger partial charge is 0.508 e. The molecule has 4 atom stereocenters. The zero-order chi connectivity index (χ0) is 30.1. The number of nitrogens with two attached hydrogens (primary N) is 1. The number of phenolic OH excluding ortho intramolecular Hbond substituents is 1. The number of benzene rings is 1. The lowest BCUT2D eigenvalue weighted by atomic mass is 9.57. The lowest BCUT2D eigenvalue weighted by molar-refractivity contribution is -0.153. The summed E-state index contributed by atoms with van der Waals surface area (Å²) in [5, 5.41) is 45.5. The SMILES string of the molecule is CN(C)c1cc(CNOC(C)(C)C)c(O)c2c1C[C@H]1C[C@H]3[C@H](N(C)C)C(=O)C(C(N)=O)=C(O)[C@@]3(O)C(=O)C1=C2O. The summed E-state index contributed by atoms with van der Waals surface area (Å²) in [6, 6.07) is 0.642. The molecule has 7 N–H and O–H groups in total. The Balaban J connectivity index is 1.91. The Morgan fingerprint density at radius 1 is 1.18 bits per heavy atom. The van der Waals surface area contributed by atoms with Gasteiger partial charge in [0.25, 0.3) is 5.91 Å². The molecule has 12 nitrogen and oxygen atoms in total. The fourth-order valence-corrected chi connectivity index (χ4v) is 6.21. The van der Waals surface area contributed by atoms with Crippen molar-refractivity contribution in [2.45, 2.75) is 57.4 Å². The Morgan fingerprint density at radius 2 is 1.80 bits per heavy atom. The molecule has 12 heteroatoms. The number of carbonyl (C=O) groups excluding carboxylic acids is 3. The zero-order valence-corrected chi connectivity index (χ0v) is 23.8. The highest BCUT2D eigenvalue weighted by molar-refractivity contribution is 6.24. The van der Waals surface area contributed by atoms with Crippen LogP contribution in [0.1, 0.15) is 43.9 Å². The second kappa shape index (κ2) is 9.88. The number of hydrogen-bond donors (Lipinski definition) is 6. The number of fused-ring (bicyclic) bond motifs is 3. The van der Waals surface area contributed by atoms with Crippen molar-refractivity contribution in [1.29, 1.82) is 0 Å². The van der Waals surface area contributed by atoms with E-state index in [2.05, 4.69) is 5.48 Å². The van der Waals surface area contributed by atoms with Crippen molar-refractivity contribution in [3.63, 3.8) is 0 Å². The van der Waals surface area contributed by atoms with E-state index in [4.69, 9.17) is 10.6 Å². The monoisotopic (exact) mass is 558 g/mol. The molecule has 1 fully saturated rings. The van der Waals surface area contributed by atoms with Gasteiger partial charge in [-0.15, -0.1) is 0 Å². The lowest BCUT2D eigenvalue weighted by Gasteiger charge is -2.50. The standard InChI is InChI=1S/C28H38N4O8/c1-27(2,3)40-30-11-13-10-16(31(4)5)14-8-12-9-15-20(32(6)7)23(35)19(26(29)38)25(37)28(15,39)24(36)17(12)22(34)18(14)21(13)33/h10,12,15,20,30,33-34,37,39H,8-9,11H2,1-7H3,(H2,29,38)/t12-,15-,20-,28-/m0/s1. The molecule has 1 aromatic rings. The number of carbonyl (C=O) groups is 3. The minimum Gasteiger partial charge on any atom is -0.508 e. The van der Waals surface area contributed by atoms with Gasteiger partial charge in [0.15, 0.2) is 11.4 Å². The maximum absolute atomic E-state index is 14.0. The topological polar surface area (TPSA) is 186 Å². The number of likely N-dealkylation sites (N-methyl/N-ethyl adjacent to an activating group) is 1. The quantitative estimate of drug-likeness (QED) is 0.215. The molecule has 0 heterocycles. The molecule has 0 bridgehead atoms. The molecule has 1 saturated carbocycles. The summed E-state index contributed by atoms with van der Waals surface area (Å²) in [7, 11) is 6.75. The van der Waals surface area contributed by atoms with E-state index in [1.807, 2.05) is 39.8 Å². The number of aromatic hydroxyl groups is 1. The van der Waals surface area contributed by atoms with Gasteiger partial charge in [-0.1, -0.05) is 0 Å². The third-order valence-corrected chi connectivity index (χ3v) is 7.90. The average molecular weight is 559 g/mol. The van der Waals surface area contributed by atoms with Gasteiger partial charge in [-0.25, -0.2) is 0 Å². The van der Waals surface area contributed by atoms with Crippen molar-refractivity contribution >= 4 is 28.9 Å². The number of rotatable bonds is 6. The minimum atomic E-state index is -2.68.